The Hall–Kier alpha value is -4.01. The molecule has 0 saturated carbocycles. The van der Waals surface area contributed by atoms with E-state index in [2.05, 4.69) is 15.0 Å². The van der Waals surface area contributed by atoms with Gasteiger partial charge in [-0.15, -0.1) is 24.5 Å². The van der Waals surface area contributed by atoms with Crippen LogP contribution < -0.4 is 15.0 Å². The summed E-state index contributed by atoms with van der Waals surface area (Å²) in [6, 6.07) is 9.89. The van der Waals surface area contributed by atoms with Crippen LogP contribution in [0.5, 0.6) is 5.75 Å². The second-order valence-corrected chi connectivity index (χ2v) is 11.0. The van der Waals surface area contributed by atoms with Crippen molar-refractivity contribution < 1.29 is 40.7 Å². The van der Waals surface area contributed by atoms with Gasteiger partial charge in [-0.3, -0.25) is 4.79 Å². The maximum atomic E-state index is 13.1. The summed E-state index contributed by atoms with van der Waals surface area (Å²) < 4.78 is 81.3. The van der Waals surface area contributed by atoms with Gasteiger partial charge in [0.15, 0.2) is 5.75 Å². The molecule has 2 aliphatic rings. The molecule has 43 heavy (non-hydrogen) atoms. The molecule has 0 radical (unpaired) electrons. The molecule has 1 aromatic heterocycles. The Morgan fingerprint density at radius 3 is 2.26 bits per heavy atom. The molecule has 0 bridgehead atoms. The first kappa shape index (κ1) is 30.4. The van der Waals surface area contributed by atoms with Crippen LogP contribution in [0.2, 0.25) is 0 Å². The number of nitrogens with zero attached hydrogens (tertiary/aromatic N) is 4. The number of benzene rings is 2. The number of piperazine rings is 1. The number of rotatable bonds is 5. The average Bonchev–Trinajstić information content (AvgIpc) is 3.47. The van der Waals surface area contributed by atoms with Crippen LogP contribution in [-0.2, 0) is 6.18 Å². The fraction of sp³-hybridized carbons (Fsp3) is 0.393. The smallest absolute Gasteiger partial charge is 0.404 e. The molecule has 2 saturated heterocycles. The molecule has 0 unspecified atom stereocenters. The Morgan fingerprint density at radius 2 is 1.58 bits per heavy atom. The fourth-order valence-electron chi connectivity index (χ4n) is 5.09. The number of aromatic nitrogens is 1. The van der Waals surface area contributed by atoms with Gasteiger partial charge in [0.05, 0.1) is 16.3 Å². The zero-order valence-electron chi connectivity index (χ0n) is 22.6. The van der Waals surface area contributed by atoms with Gasteiger partial charge in [-0.25, -0.2) is 9.78 Å². The van der Waals surface area contributed by atoms with Gasteiger partial charge in [0.2, 0.25) is 0 Å². The number of para-hydroxylation sites is 2. The Kier molecular flexibility index (Phi) is 8.71. The second-order valence-electron chi connectivity index (χ2n) is 10.1. The summed E-state index contributed by atoms with van der Waals surface area (Å²) in [4.78, 5) is 35.4. The quantitative estimate of drug-likeness (QED) is 0.330. The molecule has 3 amide bonds. The molecule has 1 N–H and O–H groups in total. The highest BCUT2D eigenvalue weighted by Gasteiger charge is 2.34. The van der Waals surface area contributed by atoms with Crippen molar-refractivity contribution in [3.05, 3.63) is 70.2 Å². The molecule has 3 heterocycles. The first-order valence-electron chi connectivity index (χ1n) is 13.4. The van der Waals surface area contributed by atoms with Crippen molar-refractivity contribution in [2.75, 3.05) is 49.5 Å². The summed E-state index contributed by atoms with van der Waals surface area (Å²) in [6.45, 7) is 2.15. The number of urea groups is 1. The highest BCUT2D eigenvalue weighted by molar-refractivity contribution is 7.09. The van der Waals surface area contributed by atoms with Gasteiger partial charge in [-0.05, 0) is 43.2 Å². The summed E-state index contributed by atoms with van der Waals surface area (Å²) in [7, 11) is 0. The summed E-state index contributed by atoms with van der Waals surface area (Å²) in [5, 5.41) is 4.93. The third-order valence-electron chi connectivity index (χ3n) is 7.33. The van der Waals surface area contributed by atoms with E-state index in [9.17, 15) is 35.9 Å². The lowest BCUT2D eigenvalue weighted by atomic mass is 9.98. The monoisotopic (exact) mass is 627 g/mol. The zero-order valence-corrected chi connectivity index (χ0v) is 23.4. The summed E-state index contributed by atoms with van der Waals surface area (Å²) >= 11 is 1.35. The number of nitrogens with one attached hydrogen (secondary N) is 1. The highest BCUT2D eigenvalue weighted by Crippen LogP contribution is 2.34. The number of hydrogen-bond donors (Lipinski definition) is 1. The van der Waals surface area contributed by atoms with E-state index in [1.54, 1.807) is 16.3 Å². The minimum Gasteiger partial charge on any atom is -0.404 e. The fourth-order valence-corrected chi connectivity index (χ4v) is 6.05. The number of alkyl halides is 6. The van der Waals surface area contributed by atoms with E-state index >= 15 is 0 Å². The van der Waals surface area contributed by atoms with Crippen molar-refractivity contribution in [1.82, 2.24) is 14.8 Å². The molecule has 5 rings (SSSR count). The SMILES string of the molecule is O=C(Nc1ccccc1OC(F)(F)F)N1CCC(c2nc(C(=O)N3CCN(c4cccc(C(F)(F)F)c4)CC3)cs2)CC1. The predicted molar refractivity (Wildman–Crippen MR) is 147 cm³/mol. The molecular weight excluding hydrogens is 600 g/mol. The van der Waals surface area contributed by atoms with Crippen LogP contribution in [0.4, 0.5) is 42.5 Å². The maximum absolute atomic E-state index is 13.1. The molecule has 230 valence electrons. The highest BCUT2D eigenvalue weighted by atomic mass is 32.1. The van der Waals surface area contributed by atoms with Gasteiger partial charge in [0.1, 0.15) is 5.69 Å². The van der Waals surface area contributed by atoms with E-state index in [0.717, 1.165) is 23.2 Å². The van der Waals surface area contributed by atoms with E-state index < -0.39 is 29.9 Å². The van der Waals surface area contributed by atoms with E-state index in [-0.39, 0.29) is 17.5 Å². The van der Waals surface area contributed by atoms with E-state index in [1.807, 2.05) is 4.90 Å². The first-order chi connectivity index (χ1) is 20.4. The molecule has 8 nitrogen and oxygen atoms in total. The number of amides is 3. The number of likely N-dealkylation sites (tertiary alicyclic amines) is 1. The number of halogens is 6. The third kappa shape index (κ3) is 7.50. The minimum atomic E-state index is -4.90. The number of ether oxygens (including phenoxy) is 1. The van der Waals surface area contributed by atoms with Crippen LogP contribution >= 0.6 is 11.3 Å². The number of hydrogen-bond acceptors (Lipinski definition) is 6. The lowest BCUT2D eigenvalue weighted by molar-refractivity contribution is -0.274. The molecule has 2 aliphatic heterocycles. The molecular formula is C28H27F6N5O3S. The van der Waals surface area contributed by atoms with Crippen molar-refractivity contribution in [3.8, 4) is 5.75 Å². The molecule has 0 aliphatic carbocycles. The Morgan fingerprint density at radius 1 is 0.884 bits per heavy atom. The maximum Gasteiger partial charge on any atom is 0.573 e. The van der Waals surface area contributed by atoms with Crippen molar-refractivity contribution in [3.63, 3.8) is 0 Å². The molecule has 0 atom stereocenters. The number of carbonyl (C=O) groups excluding carboxylic acids is 2. The van der Waals surface area contributed by atoms with Crippen LogP contribution in [0.1, 0.15) is 39.8 Å². The Balaban J connectivity index is 1.12. The summed E-state index contributed by atoms with van der Waals surface area (Å²) in [6.07, 6.45) is -8.20. The van der Waals surface area contributed by atoms with E-state index in [4.69, 9.17) is 0 Å². The van der Waals surface area contributed by atoms with E-state index in [1.165, 1.54) is 40.5 Å². The largest absolute Gasteiger partial charge is 0.573 e. The molecule has 2 fully saturated rings. The lowest BCUT2D eigenvalue weighted by Gasteiger charge is -2.36. The lowest BCUT2D eigenvalue weighted by Crippen LogP contribution is -2.49. The number of anilines is 2. The van der Waals surface area contributed by atoms with Gasteiger partial charge in [0.25, 0.3) is 5.91 Å². The van der Waals surface area contributed by atoms with Crippen LogP contribution in [-0.4, -0.2) is 72.4 Å². The second kappa shape index (κ2) is 12.3. The summed E-state index contributed by atoms with van der Waals surface area (Å²) in [5.41, 5.74) is -0.0535. The van der Waals surface area contributed by atoms with Crippen LogP contribution in [0.15, 0.2) is 53.9 Å². The topological polar surface area (TPSA) is 78.0 Å². The first-order valence-corrected chi connectivity index (χ1v) is 14.3. The van der Waals surface area contributed by atoms with Crippen LogP contribution in [0, 0.1) is 0 Å². The van der Waals surface area contributed by atoms with Gasteiger partial charge in [0, 0.05) is 56.3 Å². The average molecular weight is 628 g/mol. The van der Waals surface area contributed by atoms with Crippen molar-refractivity contribution in [2.24, 2.45) is 0 Å². The minimum absolute atomic E-state index is 0.00852. The molecule has 3 aromatic rings. The van der Waals surface area contributed by atoms with Gasteiger partial charge < -0.3 is 24.8 Å². The molecule has 15 heteroatoms. The van der Waals surface area contributed by atoms with Gasteiger partial charge in [-0.1, -0.05) is 18.2 Å². The standard InChI is InChI=1S/C28H27F6N5O3S/c29-27(30,31)19-4-3-5-20(16-19)37-12-14-38(15-13-37)25(40)22-17-43-24(35-22)18-8-10-39(11-9-18)26(41)36-21-6-1-2-7-23(21)42-28(32,33)34/h1-7,16-18H,8-15H2,(H,36,41). The Labute approximate surface area is 246 Å². The number of piperidine rings is 1. The van der Waals surface area contributed by atoms with Gasteiger partial charge in [-0.2, -0.15) is 13.2 Å². The predicted octanol–water partition coefficient (Wildman–Crippen LogP) is 6.43. The normalized spacial score (nSPS) is 16.7. The number of carbonyl (C=O) groups is 2. The van der Waals surface area contributed by atoms with E-state index in [0.29, 0.717) is 63.5 Å². The van der Waals surface area contributed by atoms with Crippen molar-refractivity contribution >= 4 is 34.6 Å². The van der Waals surface area contributed by atoms with Crippen molar-refractivity contribution in [1.29, 1.82) is 0 Å². The third-order valence-corrected chi connectivity index (χ3v) is 8.34. The Bertz CT molecular complexity index is 1450. The molecule has 2 aromatic carbocycles. The number of thiazole rings is 1. The van der Waals surface area contributed by atoms with Gasteiger partial charge >= 0.3 is 18.6 Å². The van der Waals surface area contributed by atoms with Crippen molar-refractivity contribution in [2.45, 2.75) is 31.3 Å². The molecule has 0 spiro atoms. The summed E-state index contributed by atoms with van der Waals surface area (Å²) in [5.74, 6) is -0.743. The zero-order chi connectivity index (χ0) is 30.8. The van der Waals surface area contributed by atoms with Crippen LogP contribution in [0.25, 0.3) is 0 Å². The van der Waals surface area contributed by atoms with Crippen LogP contribution in [0.3, 0.4) is 0 Å².